The summed E-state index contributed by atoms with van der Waals surface area (Å²) in [5.74, 6) is 0.205. The van der Waals surface area contributed by atoms with E-state index in [0.717, 1.165) is 22.9 Å². The number of hydrogen-bond donors (Lipinski definition) is 2. The third-order valence-electron chi connectivity index (χ3n) is 3.10. The summed E-state index contributed by atoms with van der Waals surface area (Å²) in [4.78, 5) is 0. The molecule has 0 fully saturated rings. The molecule has 20 heavy (non-hydrogen) atoms. The minimum atomic E-state index is -1.67. The van der Waals surface area contributed by atoms with Gasteiger partial charge in [0.05, 0.1) is 0 Å². The van der Waals surface area contributed by atoms with Gasteiger partial charge in [0, 0.05) is 5.56 Å². The van der Waals surface area contributed by atoms with E-state index in [9.17, 15) is 4.39 Å². The molecule has 0 radical (unpaired) electrons. The Morgan fingerprint density at radius 1 is 1.10 bits per heavy atom. The molecule has 2 N–H and O–H groups in total. The van der Waals surface area contributed by atoms with Gasteiger partial charge in [-0.2, -0.15) is 0 Å². The molecule has 0 unspecified atom stereocenters. The highest BCUT2D eigenvalue weighted by Gasteiger charge is 2.13. The molecular formula is C15H16BFO3. The van der Waals surface area contributed by atoms with Crippen molar-refractivity contribution >= 4 is 12.6 Å². The summed E-state index contributed by atoms with van der Waals surface area (Å²) in [5, 5.41) is 17.9. The van der Waals surface area contributed by atoms with Crippen LogP contribution >= 0.6 is 0 Å². The molecule has 0 heterocycles. The van der Waals surface area contributed by atoms with E-state index in [1.807, 2.05) is 32.0 Å². The molecule has 0 aliphatic heterocycles. The van der Waals surface area contributed by atoms with Crippen molar-refractivity contribution in [2.45, 2.75) is 20.5 Å². The first-order valence-corrected chi connectivity index (χ1v) is 6.32. The molecule has 2 rings (SSSR count). The Morgan fingerprint density at radius 3 is 2.50 bits per heavy atom. The summed E-state index contributed by atoms with van der Waals surface area (Å²) in [6.45, 7) is 3.98. The van der Waals surface area contributed by atoms with E-state index in [1.165, 1.54) is 12.1 Å². The second-order valence-electron chi connectivity index (χ2n) is 4.78. The van der Waals surface area contributed by atoms with Crippen LogP contribution in [-0.2, 0) is 6.61 Å². The standard InChI is InChI=1S/C15H16BFO3/c1-10-3-4-11(2)15(7-10)20-9-12-5-6-13(16(18)19)8-14(12)17/h3-8,18-19H,9H2,1-2H3. The Hall–Kier alpha value is -1.85. The SMILES string of the molecule is Cc1ccc(C)c(OCc2ccc(B(O)O)cc2F)c1. The molecule has 104 valence electrons. The van der Waals surface area contributed by atoms with Gasteiger partial charge in [-0.05, 0) is 42.6 Å². The molecule has 0 bridgehead atoms. The lowest BCUT2D eigenvalue weighted by molar-refractivity contribution is 0.297. The Labute approximate surface area is 117 Å². The Morgan fingerprint density at radius 2 is 1.85 bits per heavy atom. The van der Waals surface area contributed by atoms with Crippen molar-refractivity contribution in [1.29, 1.82) is 0 Å². The lowest BCUT2D eigenvalue weighted by Crippen LogP contribution is -2.30. The van der Waals surface area contributed by atoms with Crippen LogP contribution in [0, 0.1) is 19.7 Å². The number of ether oxygens (including phenoxy) is 1. The monoisotopic (exact) mass is 274 g/mol. The van der Waals surface area contributed by atoms with Crippen molar-refractivity contribution in [2.75, 3.05) is 0 Å². The van der Waals surface area contributed by atoms with Gasteiger partial charge in [-0.15, -0.1) is 0 Å². The Kier molecular flexibility index (Phi) is 4.42. The molecular weight excluding hydrogens is 258 g/mol. The smallest absolute Gasteiger partial charge is 0.488 e. The summed E-state index contributed by atoms with van der Waals surface area (Å²) >= 11 is 0. The van der Waals surface area contributed by atoms with E-state index < -0.39 is 12.9 Å². The molecule has 0 aliphatic rings. The minimum Gasteiger partial charge on any atom is -0.489 e. The zero-order valence-electron chi connectivity index (χ0n) is 11.4. The van der Waals surface area contributed by atoms with Gasteiger partial charge in [0.1, 0.15) is 18.2 Å². The number of benzene rings is 2. The number of halogens is 1. The fourth-order valence-electron chi connectivity index (χ4n) is 1.86. The van der Waals surface area contributed by atoms with Crippen molar-refractivity contribution in [1.82, 2.24) is 0 Å². The summed E-state index contributed by atoms with van der Waals surface area (Å²) in [6.07, 6.45) is 0. The first-order chi connectivity index (χ1) is 9.47. The lowest BCUT2D eigenvalue weighted by atomic mass is 9.80. The van der Waals surface area contributed by atoms with Crippen LogP contribution in [0.15, 0.2) is 36.4 Å². The predicted octanol–water partition coefficient (Wildman–Crippen LogP) is 1.70. The van der Waals surface area contributed by atoms with Gasteiger partial charge in [0.25, 0.3) is 0 Å². The van der Waals surface area contributed by atoms with Crippen LogP contribution in [0.25, 0.3) is 0 Å². The molecule has 2 aromatic carbocycles. The van der Waals surface area contributed by atoms with Crippen molar-refractivity contribution in [3.63, 3.8) is 0 Å². The maximum atomic E-state index is 13.8. The molecule has 0 amide bonds. The molecule has 0 aromatic heterocycles. The third-order valence-corrected chi connectivity index (χ3v) is 3.10. The van der Waals surface area contributed by atoms with Gasteiger partial charge in [0.15, 0.2) is 0 Å². The zero-order valence-corrected chi connectivity index (χ0v) is 11.4. The number of hydrogen-bond acceptors (Lipinski definition) is 3. The number of aryl methyl sites for hydroxylation is 2. The van der Waals surface area contributed by atoms with E-state index in [4.69, 9.17) is 14.8 Å². The van der Waals surface area contributed by atoms with E-state index in [1.54, 1.807) is 0 Å². The highest BCUT2D eigenvalue weighted by atomic mass is 19.1. The van der Waals surface area contributed by atoms with E-state index in [2.05, 4.69) is 0 Å². The van der Waals surface area contributed by atoms with Gasteiger partial charge in [-0.3, -0.25) is 0 Å². The van der Waals surface area contributed by atoms with Gasteiger partial charge in [0.2, 0.25) is 0 Å². The van der Waals surface area contributed by atoms with E-state index in [0.29, 0.717) is 5.56 Å². The van der Waals surface area contributed by atoms with Gasteiger partial charge in [-0.1, -0.05) is 24.3 Å². The molecule has 2 aromatic rings. The first-order valence-electron chi connectivity index (χ1n) is 6.32. The van der Waals surface area contributed by atoms with Gasteiger partial charge in [-0.25, -0.2) is 4.39 Å². The van der Waals surface area contributed by atoms with Crippen molar-refractivity contribution in [3.8, 4) is 5.75 Å². The molecule has 0 saturated carbocycles. The molecule has 0 aliphatic carbocycles. The average Bonchev–Trinajstić information content (AvgIpc) is 2.40. The second kappa shape index (κ2) is 6.07. The molecule has 5 heteroatoms. The summed E-state index contributed by atoms with van der Waals surface area (Å²) in [5.41, 5.74) is 2.55. The predicted molar refractivity (Wildman–Crippen MR) is 76.5 cm³/mol. The van der Waals surface area contributed by atoms with Crippen LogP contribution in [0.2, 0.25) is 0 Å². The van der Waals surface area contributed by atoms with Gasteiger partial charge >= 0.3 is 7.12 Å². The Bertz CT molecular complexity index is 614. The third kappa shape index (κ3) is 3.38. The highest BCUT2D eigenvalue weighted by molar-refractivity contribution is 6.58. The average molecular weight is 274 g/mol. The fraction of sp³-hybridized carbons (Fsp3) is 0.200. The van der Waals surface area contributed by atoms with Crippen LogP contribution < -0.4 is 10.2 Å². The summed E-state index contributed by atoms with van der Waals surface area (Å²) in [6, 6.07) is 9.91. The van der Waals surface area contributed by atoms with Crippen LogP contribution in [0.3, 0.4) is 0 Å². The largest absolute Gasteiger partial charge is 0.489 e. The van der Waals surface area contributed by atoms with Crippen molar-refractivity contribution in [3.05, 3.63) is 58.9 Å². The van der Waals surface area contributed by atoms with E-state index in [-0.39, 0.29) is 12.1 Å². The molecule has 0 saturated heterocycles. The molecule has 0 spiro atoms. The van der Waals surface area contributed by atoms with Gasteiger partial charge < -0.3 is 14.8 Å². The first kappa shape index (κ1) is 14.6. The van der Waals surface area contributed by atoms with Crippen LogP contribution in [0.4, 0.5) is 4.39 Å². The lowest BCUT2D eigenvalue weighted by Gasteiger charge is -2.11. The fourth-order valence-corrected chi connectivity index (χ4v) is 1.86. The maximum Gasteiger partial charge on any atom is 0.488 e. The second-order valence-corrected chi connectivity index (χ2v) is 4.78. The van der Waals surface area contributed by atoms with Crippen LogP contribution in [-0.4, -0.2) is 17.2 Å². The molecule has 0 atom stereocenters. The summed E-state index contributed by atoms with van der Waals surface area (Å²) in [7, 11) is -1.67. The van der Waals surface area contributed by atoms with Crippen LogP contribution in [0.1, 0.15) is 16.7 Å². The van der Waals surface area contributed by atoms with Crippen molar-refractivity contribution in [2.24, 2.45) is 0 Å². The maximum absolute atomic E-state index is 13.8. The quantitative estimate of drug-likeness (QED) is 0.834. The van der Waals surface area contributed by atoms with Crippen molar-refractivity contribution < 1.29 is 19.2 Å². The Balaban J connectivity index is 2.13. The number of rotatable bonds is 4. The van der Waals surface area contributed by atoms with Crippen LogP contribution in [0.5, 0.6) is 5.75 Å². The highest BCUT2D eigenvalue weighted by Crippen LogP contribution is 2.20. The normalized spacial score (nSPS) is 10.4. The minimum absolute atomic E-state index is 0.0952. The topological polar surface area (TPSA) is 49.7 Å². The zero-order chi connectivity index (χ0) is 14.7. The van der Waals surface area contributed by atoms with E-state index >= 15 is 0 Å². The molecule has 3 nitrogen and oxygen atoms in total. The summed E-state index contributed by atoms with van der Waals surface area (Å²) < 4.78 is 19.4.